The zero-order chi connectivity index (χ0) is 34.2. The minimum atomic E-state index is -0.142. The highest BCUT2D eigenvalue weighted by Gasteiger charge is 2.67. The summed E-state index contributed by atoms with van der Waals surface area (Å²) in [4.78, 5) is 2.37. The van der Waals surface area contributed by atoms with Crippen molar-refractivity contribution >= 4 is 17.1 Å². The number of rotatable bonds is 6. The third-order valence-corrected chi connectivity index (χ3v) is 14.3. The standard InChI is InChI=1S/C49H51NO/c1-3-40-29-35-15-22-42(31-35)49(40)46-27-20-39(32-47(46)48(51-49)33(2)28-34-14-21-41(48)30-34)38-18-25-45(26-19-38)50(43-12-8-5-9-13-43)44-23-16-37(17-24-44)36-10-6-4-7-11-36/h4-13,16-20,23-27,32-35,40-42H,3,14-15,21-22,28-31H2,1-2H3. The molecule has 10 rings (SSSR count). The van der Waals surface area contributed by atoms with Crippen LogP contribution in [0.4, 0.5) is 17.1 Å². The molecule has 2 spiro atoms. The maximum absolute atomic E-state index is 8.03. The summed E-state index contributed by atoms with van der Waals surface area (Å²) >= 11 is 0. The van der Waals surface area contributed by atoms with E-state index in [1.807, 2.05) is 0 Å². The van der Waals surface area contributed by atoms with E-state index in [2.05, 4.69) is 146 Å². The van der Waals surface area contributed by atoms with Crippen LogP contribution in [0.15, 0.2) is 127 Å². The van der Waals surface area contributed by atoms with Crippen LogP contribution in [-0.2, 0) is 15.9 Å². The average molecular weight is 670 g/mol. The largest absolute Gasteiger partial charge is 0.358 e. The lowest BCUT2D eigenvalue weighted by Gasteiger charge is -2.51. The fourth-order valence-electron chi connectivity index (χ4n) is 12.1. The smallest absolute Gasteiger partial charge is 0.100 e. The molecule has 5 aromatic carbocycles. The van der Waals surface area contributed by atoms with E-state index in [4.69, 9.17) is 4.74 Å². The number of nitrogens with zero attached hydrogens (tertiary/aromatic N) is 1. The molecule has 0 aromatic heterocycles. The Morgan fingerprint density at radius 2 is 1.06 bits per heavy atom. The van der Waals surface area contributed by atoms with Crippen LogP contribution >= 0.6 is 0 Å². The van der Waals surface area contributed by atoms with Crippen LogP contribution in [0, 0.1) is 35.5 Å². The monoisotopic (exact) mass is 669 g/mol. The molecule has 1 aliphatic heterocycles. The summed E-state index contributed by atoms with van der Waals surface area (Å²) in [5, 5.41) is 0. The minimum Gasteiger partial charge on any atom is -0.358 e. The van der Waals surface area contributed by atoms with Gasteiger partial charge in [0.05, 0.1) is 0 Å². The normalized spacial score (nSPS) is 31.6. The molecule has 258 valence electrons. The summed E-state index contributed by atoms with van der Waals surface area (Å²) in [6.45, 7) is 4.98. The maximum Gasteiger partial charge on any atom is 0.100 e. The van der Waals surface area contributed by atoms with Gasteiger partial charge in [-0.3, -0.25) is 0 Å². The van der Waals surface area contributed by atoms with E-state index < -0.39 is 0 Å². The van der Waals surface area contributed by atoms with Crippen LogP contribution in [0.1, 0.15) is 82.8 Å². The Morgan fingerprint density at radius 3 is 1.71 bits per heavy atom. The Morgan fingerprint density at radius 1 is 0.529 bits per heavy atom. The first-order chi connectivity index (χ1) is 25.1. The Hall–Kier alpha value is -4.14. The van der Waals surface area contributed by atoms with Crippen LogP contribution < -0.4 is 4.90 Å². The van der Waals surface area contributed by atoms with Crippen molar-refractivity contribution in [2.45, 2.75) is 82.8 Å². The molecule has 0 radical (unpaired) electrons. The molecule has 2 nitrogen and oxygen atoms in total. The third kappa shape index (κ3) is 4.85. The fourth-order valence-corrected chi connectivity index (χ4v) is 12.1. The number of ether oxygens (including phenoxy) is 1. The van der Waals surface area contributed by atoms with Crippen molar-refractivity contribution < 1.29 is 4.74 Å². The molecule has 4 bridgehead atoms. The Balaban J connectivity index is 1.04. The molecule has 0 saturated heterocycles. The van der Waals surface area contributed by atoms with Gasteiger partial charge in [-0.05, 0) is 150 Å². The van der Waals surface area contributed by atoms with E-state index in [-0.39, 0.29) is 11.2 Å². The molecule has 8 unspecified atom stereocenters. The van der Waals surface area contributed by atoms with E-state index in [0.29, 0.717) is 23.7 Å². The molecule has 8 atom stereocenters. The highest BCUT2D eigenvalue weighted by Crippen LogP contribution is 2.70. The van der Waals surface area contributed by atoms with E-state index in [9.17, 15) is 0 Å². The Labute approximate surface area is 304 Å². The van der Waals surface area contributed by atoms with E-state index in [0.717, 1.165) is 23.2 Å². The van der Waals surface area contributed by atoms with Gasteiger partial charge in [0.15, 0.2) is 0 Å². The third-order valence-electron chi connectivity index (χ3n) is 14.3. The zero-order valence-corrected chi connectivity index (χ0v) is 30.3. The second-order valence-corrected chi connectivity index (χ2v) is 16.8. The zero-order valence-electron chi connectivity index (χ0n) is 30.3. The van der Waals surface area contributed by atoms with Gasteiger partial charge in [-0.2, -0.15) is 0 Å². The van der Waals surface area contributed by atoms with Gasteiger partial charge in [0.25, 0.3) is 0 Å². The molecule has 4 saturated carbocycles. The van der Waals surface area contributed by atoms with Gasteiger partial charge in [0.1, 0.15) is 11.2 Å². The second kappa shape index (κ2) is 12.2. The topological polar surface area (TPSA) is 12.5 Å². The molecule has 1 heterocycles. The quantitative estimate of drug-likeness (QED) is 0.178. The van der Waals surface area contributed by atoms with Crippen molar-refractivity contribution in [3.63, 3.8) is 0 Å². The van der Waals surface area contributed by atoms with Crippen molar-refractivity contribution in [2.75, 3.05) is 4.90 Å². The van der Waals surface area contributed by atoms with E-state index >= 15 is 0 Å². The van der Waals surface area contributed by atoms with Gasteiger partial charge < -0.3 is 9.64 Å². The maximum atomic E-state index is 8.03. The Kier molecular flexibility index (Phi) is 7.58. The van der Waals surface area contributed by atoms with Gasteiger partial charge in [-0.25, -0.2) is 0 Å². The molecular formula is C49H51NO. The number of para-hydroxylation sites is 1. The van der Waals surface area contributed by atoms with Gasteiger partial charge in [0.2, 0.25) is 0 Å². The molecule has 5 aliphatic rings. The Bertz CT molecular complexity index is 2020. The lowest BCUT2D eigenvalue weighted by atomic mass is 9.63. The van der Waals surface area contributed by atoms with Crippen LogP contribution in [-0.4, -0.2) is 0 Å². The van der Waals surface area contributed by atoms with E-state index in [1.165, 1.54) is 85.7 Å². The summed E-state index contributed by atoms with van der Waals surface area (Å²) in [6, 6.07) is 47.3. The van der Waals surface area contributed by atoms with Gasteiger partial charge in [0, 0.05) is 17.1 Å². The molecule has 0 N–H and O–H groups in total. The fraction of sp³-hybridized carbons (Fsp3) is 0.388. The predicted molar refractivity (Wildman–Crippen MR) is 210 cm³/mol. The lowest BCUT2D eigenvalue weighted by Crippen LogP contribution is -2.50. The molecule has 0 amide bonds. The van der Waals surface area contributed by atoms with E-state index in [1.54, 1.807) is 11.1 Å². The van der Waals surface area contributed by atoms with Crippen LogP contribution in [0.3, 0.4) is 0 Å². The highest BCUT2D eigenvalue weighted by molar-refractivity contribution is 5.80. The highest BCUT2D eigenvalue weighted by atomic mass is 16.5. The molecule has 51 heavy (non-hydrogen) atoms. The summed E-state index contributed by atoms with van der Waals surface area (Å²) in [6.07, 6.45) is 12.1. The summed E-state index contributed by atoms with van der Waals surface area (Å²) in [5.41, 5.74) is 11.5. The summed E-state index contributed by atoms with van der Waals surface area (Å²) < 4.78 is 8.03. The van der Waals surface area contributed by atoms with Crippen molar-refractivity contribution in [2.24, 2.45) is 35.5 Å². The number of hydrogen-bond acceptors (Lipinski definition) is 2. The summed E-state index contributed by atoms with van der Waals surface area (Å²) in [5.74, 6) is 4.30. The van der Waals surface area contributed by atoms with Crippen LogP contribution in [0.2, 0.25) is 0 Å². The van der Waals surface area contributed by atoms with Crippen molar-refractivity contribution in [1.82, 2.24) is 0 Å². The first-order valence-corrected chi connectivity index (χ1v) is 20.0. The summed E-state index contributed by atoms with van der Waals surface area (Å²) in [7, 11) is 0. The average Bonchev–Trinajstić information content (AvgIpc) is 3.88. The molecule has 4 aliphatic carbocycles. The molecule has 4 fully saturated rings. The van der Waals surface area contributed by atoms with Crippen LogP contribution in [0.25, 0.3) is 22.3 Å². The second-order valence-electron chi connectivity index (χ2n) is 16.8. The molecule has 2 heteroatoms. The number of hydrogen-bond donors (Lipinski definition) is 0. The van der Waals surface area contributed by atoms with Gasteiger partial charge in [-0.1, -0.05) is 118 Å². The first kappa shape index (κ1) is 31.6. The SMILES string of the molecule is CCC1CC2CCC(C2)C12OC1(c3cc(-c4ccc(N(c5ccccc5)c5ccc(-c6ccccc6)cc5)cc4)ccc32)C(C)CC2CCC1C2. The van der Waals surface area contributed by atoms with Crippen LogP contribution in [0.5, 0.6) is 0 Å². The van der Waals surface area contributed by atoms with Gasteiger partial charge >= 0.3 is 0 Å². The number of anilines is 3. The predicted octanol–water partition coefficient (Wildman–Crippen LogP) is 13.2. The van der Waals surface area contributed by atoms with Crippen molar-refractivity contribution in [3.8, 4) is 22.3 Å². The number of benzene rings is 5. The lowest BCUT2D eigenvalue weighted by molar-refractivity contribution is -0.251. The minimum absolute atomic E-state index is 0.102. The van der Waals surface area contributed by atoms with Gasteiger partial charge in [-0.15, -0.1) is 0 Å². The first-order valence-electron chi connectivity index (χ1n) is 20.0. The number of fused-ring (bicyclic) bond motifs is 9. The van der Waals surface area contributed by atoms with Crippen molar-refractivity contribution in [3.05, 3.63) is 139 Å². The molecule has 5 aromatic rings. The van der Waals surface area contributed by atoms with Crippen molar-refractivity contribution in [1.29, 1.82) is 0 Å². The molecular weight excluding hydrogens is 619 g/mol.